The van der Waals surface area contributed by atoms with Gasteiger partial charge in [0, 0.05) is 6.54 Å². The van der Waals surface area contributed by atoms with Gasteiger partial charge in [-0.05, 0) is 24.0 Å². The van der Waals surface area contributed by atoms with E-state index in [0.29, 0.717) is 30.1 Å². The van der Waals surface area contributed by atoms with Gasteiger partial charge in [-0.1, -0.05) is 51.1 Å². The van der Waals surface area contributed by atoms with E-state index in [1.165, 1.54) is 0 Å². The molecule has 0 fully saturated rings. The summed E-state index contributed by atoms with van der Waals surface area (Å²) in [6.07, 6.45) is 0.752. The molecule has 2 aromatic rings. The number of carbonyl (C=O) groups excluding carboxylic acids is 2. The van der Waals surface area contributed by atoms with Crippen molar-refractivity contribution >= 4 is 11.8 Å². The van der Waals surface area contributed by atoms with E-state index in [0.717, 1.165) is 12.0 Å². The van der Waals surface area contributed by atoms with Crippen LogP contribution in [0.5, 0.6) is 0 Å². The molecule has 0 saturated carbocycles. The minimum absolute atomic E-state index is 0.0945. The summed E-state index contributed by atoms with van der Waals surface area (Å²) in [4.78, 5) is 26.0. The van der Waals surface area contributed by atoms with Gasteiger partial charge in [-0.25, -0.2) is 0 Å². The van der Waals surface area contributed by atoms with Gasteiger partial charge in [0.15, 0.2) is 0 Å². The Morgan fingerprint density at radius 1 is 1.17 bits per heavy atom. The average Bonchev–Trinajstić information content (AvgIpc) is 3.16. The SMILES string of the molecule is CC[C@@H](NC(=O)c1cc(C(=O)N[C@H](CO)C(C)C)n2c1COCC2)c1ccccc1. The summed E-state index contributed by atoms with van der Waals surface area (Å²) in [5.41, 5.74) is 2.62. The Kier molecular flexibility index (Phi) is 7.29. The van der Waals surface area contributed by atoms with Crippen LogP contribution in [0.2, 0.25) is 0 Å². The maximum Gasteiger partial charge on any atom is 0.268 e. The van der Waals surface area contributed by atoms with Gasteiger partial charge in [-0.3, -0.25) is 9.59 Å². The van der Waals surface area contributed by atoms with Crippen molar-refractivity contribution in [1.82, 2.24) is 15.2 Å². The first-order chi connectivity index (χ1) is 14.5. The van der Waals surface area contributed by atoms with E-state index in [-0.39, 0.29) is 43.0 Å². The number of hydrogen-bond acceptors (Lipinski definition) is 4. The second-order valence-electron chi connectivity index (χ2n) is 7.95. The van der Waals surface area contributed by atoms with Gasteiger partial charge in [-0.2, -0.15) is 0 Å². The van der Waals surface area contributed by atoms with Crippen molar-refractivity contribution < 1.29 is 19.4 Å². The van der Waals surface area contributed by atoms with Crippen molar-refractivity contribution in [2.45, 2.75) is 52.4 Å². The van der Waals surface area contributed by atoms with Crippen molar-refractivity contribution in [3.8, 4) is 0 Å². The minimum atomic E-state index is -0.344. The lowest BCUT2D eigenvalue weighted by atomic mass is 10.0. The highest BCUT2D eigenvalue weighted by Gasteiger charge is 2.28. The smallest absolute Gasteiger partial charge is 0.268 e. The van der Waals surface area contributed by atoms with Gasteiger partial charge < -0.3 is 25.0 Å². The summed E-state index contributed by atoms with van der Waals surface area (Å²) in [7, 11) is 0. The zero-order chi connectivity index (χ0) is 21.7. The summed E-state index contributed by atoms with van der Waals surface area (Å²) in [5, 5.41) is 15.5. The molecule has 2 atom stereocenters. The van der Waals surface area contributed by atoms with Crippen molar-refractivity contribution in [3.05, 3.63) is 58.9 Å². The maximum absolute atomic E-state index is 13.1. The first kappa shape index (κ1) is 22.1. The number of ether oxygens (including phenoxy) is 1. The first-order valence-corrected chi connectivity index (χ1v) is 10.5. The Morgan fingerprint density at radius 3 is 2.53 bits per heavy atom. The molecular formula is C23H31N3O4. The fourth-order valence-electron chi connectivity index (χ4n) is 3.72. The fraction of sp³-hybridized carbons (Fsp3) is 0.478. The third kappa shape index (κ3) is 4.74. The van der Waals surface area contributed by atoms with Crippen LogP contribution in [-0.2, 0) is 17.9 Å². The Labute approximate surface area is 177 Å². The monoisotopic (exact) mass is 413 g/mol. The van der Waals surface area contributed by atoms with Gasteiger partial charge in [0.2, 0.25) is 0 Å². The molecule has 0 saturated heterocycles. The molecule has 1 aliphatic rings. The normalized spacial score (nSPS) is 15.4. The standard InChI is InChI=1S/C23H31N3O4/c1-4-18(16-8-6-5-7-9-16)24-22(28)17-12-20(26-10-11-30-14-21(17)26)23(29)25-19(13-27)15(2)3/h5-9,12,15,18-19,27H,4,10-11,13-14H2,1-3H3,(H,24,28)(H,25,29)/t18-,19-/m1/s1. The van der Waals surface area contributed by atoms with Crippen LogP contribution in [0.1, 0.15) is 65.3 Å². The van der Waals surface area contributed by atoms with Crippen LogP contribution in [0.3, 0.4) is 0 Å². The molecule has 3 N–H and O–H groups in total. The molecule has 0 unspecified atom stereocenters. The maximum atomic E-state index is 13.1. The molecule has 2 heterocycles. The summed E-state index contributed by atoms with van der Waals surface area (Å²) in [6, 6.07) is 11.0. The second kappa shape index (κ2) is 9.91. The number of hydrogen-bond donors (Lipinski definition) is 3. The van der Waals surface area contributed by atoms with Gasteiger partial charge in [-0.15, -0.1) is 0 Å². The van der Waals surface area contributed by atoms with Gasteiger partial charge in [0.25, 0.3) is 11.8 Å². The van der Waals surface area contributed by atoms with E-state index in [1.807, 2.05) is 55.7 Å². The highest BCUT2D eigenvalue weighted by molar-refractivity contribution is 6.01. The number of aliphatic hydroxyl groups is 1. The zero-order valence-electron chi connectivity index (χ0n) is 17.9. The third-order valence-electron chi connectivity index (χ3n) is 5.62. The molecule has 0 bridgehead atoms. The fourth-order valence-corrected chi connectivity index (χ4v) is 3.72. The van der Waals surface area contributed by atoms with Crippen LogP contribution in [0.4, 0.5) is 0 Å². The second-order valence-corrected chi connectivity index (χ2v) is 7.95. The molecule has 7 heteroatoms. The number of rotatable bonds is 8. The lowest BCUT2D eigenvalue weighted by molar-refractivity contribution is 0.0764. The van der Waals surface area contributed by atoms with Gasteiger partial charge >= 0.3 is 0 Å². The molecule has 7 nitrogen and oxygen atoms in total. The molecule has 2 amide bonds. The minimum Gasteiger partial charge on any atom is -0.394 e. The number of amides is 2. The van der Waals surface area contributed by atoms with Crippen LogP contribution < -0.4 is 10.6 Å². The molecule has 1 aromatic heterocycles. The number of nitrogens with one attached hydrogen (secondary N) is 2. The predicted octanol–water partition coefficient (Wildman–Crippen LogP) is 2.65. The van der Waals surface area contributed by atoms with E-state index in [9.17, 15) is 14.7 Å². The summed E-state index contributed by atoms with van der Waals surface area (Å²) in [5.74, 6) is -0.418. The van der Waals surface area contributed by atoms with Crippen LogP contribution >= 0.6 is 0 Å². The summed E-state index contributed by atoms with van der Waals surface area (Å²) < 4.78 is 7.42. The van der Waals surface area contributed by atoms with Crippen molar-refractivity contribution in [3.63, 3.8) is 0 Å². The third-order valence-corrected chi connectivity index (χ3v) is 5.62. The molecule has 0 radical (unpaired) electrons. The molecule has 0 aliphatic carbocycles. The molecular weight excluding hydrogens is 382 g/mol. The van der Waals surface area contributed by atoms with Gasteiger partial charge in [0.1, 0.15) is 5.69 Å². The Balaban J connectivity index is 1.86. The Bertz CT molecular complexity index is 876. The molecule has 1 aliphatic heterocycles. The largest absolute Gasteiger partial charge is 0.394 e. The Morgan fingerprint density at radius 2 is 1.90 bits per heavy atom. The number of carbonyl (C=O) groups is 2. The van der Waals surface area contributed by atoms with Crippen molar-refractivity contribution in [2.75, 3.05) is 13.2 Å². The lowest BCUT2D eigenvalue weighted by Gasteiger charge is -2.22. The topological polar surface area (TPSA) is 92.6 Å². The summed E-state index contributed by atoms with van der Waals surface area (Å²) >= 11 is 0. The molecule has 162 valence electrons. The van der Waals surface area contributed by atoms with E-state index in [4.69, 9.17) is 4.74 Å². The van der Waals surface area contributed by atoms with E-state index in [1.54, 1.807) is 6.07 Å². The summed E-state index contributed by atoms with van der Waals surface area (Å²) in [6.45, 7) is 7.04. The molecule has 3 rings (SSSR count). The van der Waals surface area contributed by atoms with Crippen LogP contribution in [0.15, 0.2) is 36.4 Å². The van der Waals surface area contributed by atoms with E-state index >= 15 is 0 Å². The number of benzene rings is 1. The number of nitrogens with zero attached hydrogens (tertiary/aromatic N) is 1. The molecule has 30 heavy (non-hydrogen) atoms. The Hall–Kier alpha value is -2.64. The number of fused-ring (bicyclic) bond motifs is 1. The highest BCUT2D eigenvalue weighted by atomic mass is 16.5. The highest BCUT2D eigenvalue weighted by Crippen LogP contribution is 2.23. The predicted molar refractivity (Wildman–Crippen MR) is 114 cm³/mol. The zero-order valence-corrected chi connectivity index (χ0v) is 17.9. The quantitative estimate of drug-likeness (QED) is 0.620. The van der Waals surface area contributed by atoms with E-state index < -0.39 is 0 Å². The van der Waals surface area contributed by atoms with Crippen molar-refractivity contribution in [1.29, 1.82) is 0 Å². The van der Waals surface area contributed by atoms with Gasteiger partial charge in [0.05, 0.1) is 43.2 Å². The first-order valence-electron chi connectivity index (χ1n) is 10.5. The van der Waals surface area contributed by atoms with E-state index in [2.05, 4.69) is 10.6 Å². The molecule has 1 aromatic carbocycles. The number of aliphatic hydroxyl groups excluding tert-OH is 1. The van der Waals surface area contributed by atoms with Crippen molar-refractivity contribution in [2.24, 2.45) is 5.92 Å². The number of aromatic nitrogens is 1. The lowest BCUT2D eigenvalue weighted by Crippen LogP contribution is -2.42. The molecule has 0 spiro atoms. The van der Waals surface area contributed by atoms with Crippen LogP contribution in [-0.4, -0.2) is 40.7 Å². The van der Waals surface area contributed by atoms with Crippen LogP contribution in [0.25, 0.3) is 0 Å². The average molecular weight is 414 g/mol. The van der Waals surface area contributed by atoms with Crippen LogP contribution in [0, 0.1) is 5.92 Å².